The Kier molecular flexibility index (Phi) is 6.58. The molecule has 0 saturated carbocycles. The molecule has 0 bridgehead atoms. The summed E-state index contributed by atoms with van der Waals surface area (Å²) in [7, 11) is -1.99. The maximum atomic E-state index is 13.4. The fraction of sp³-hybridized carbons (Fsp3) is 0.318. The van der Waals surface area contributed by atoms with E-state index in [1.165, 1.54) is 16.4 Å². The van der Waals surface area contributed by atoms with Crippen LogP contribution < -0.4 is 4.74 Å². The van der Waals surface area contributed by atoms with E-state index < -0.39 is 22.1 Å². The van der Waals surface area contributed by atoms with Gasteiger partial charge in [-0.15, -0.1) is 0 Å². The Morgan fingerprint density at radius 1 is 1.10 bits per heavy atom. The van der Waals surface area contributed by atoms with Crippen molar-refractivity contribution in [3.8, 4) is 5.75 Å². The van der Waals surface area contributed by atoms with Gasteiger partial charge in [0.2, 0.25) is 15.9 Å². The Labute approximate surface area is 176 Å². The lowest BCUT2D eigenvalue weighted by Crippen LogP contribution is -2.50. The average Bonchev–Trinajstić information content (AvgIpc) is 2.71. The van der Waals surface area contributed by atoms with Crippen molar-refractivity contribution in [2.45, 2.75) is 25.6 Å². The van der Waals surface area contributed by atoms with E-state index >= 15 is 0 Å². The maximum absolute atomic E-state index is 13.4. The molecule has 2 atom stereocenters. The third kappa shape index (κ3) is 4.88. The van der Waals surface area contributed by atoms with Crippen LogP contribution in [-0.4, -0.2) is 49.5 Å². The van der Waals surface area contributed by atoms with Gasteiger partial charge in [0.25, 0.3) is 0 Å². The molecule has 1 aliphatic heterocycles. The van der Waals surface area contributed by atoms with Gasteiger partial charge in [0.15, 0.2) is 0 Å². The van der Waals surface area contributed by atoms with Crippen molar-refractivity contribution in [1.82, 2.24) is 9.21 Å². The number of hydrogen-bond donors (Lipinski definition) is 0. The highest BCUT2D eigenvalue weighted by atomic mass is 32.2. The van der Waals surface area contributed by atoms with Gasteiger partial charge in [0.05, 0.1) is 19.4 Å². The van der Waals surface area contributed by atoms with E-state index in [9.17, 15) is 17.6 Å². The molecule has 0 spiro atoms. The third-order valence-electron chi connectivity index (χ3n) is 5.16. The Hall–Kier alpha value is -2.71. The summed E-state index contributed by atoms with van der Waals surface area (Å²) in [5, 5.41) is 0. The van der Waals surface area contributed by atoms with Crippen molar-refractivity contribution in [1.29, 1.82) is 0 Å². The number of halogens is 1. The van der Waals surface area contributed by atoms with Crippen molar-refractivity contribution in [3.63, 3.8) is 0 Å². The quantitative estimate of drug-likeness (QED) is 0.681. The molecule has 30 heavy (non-hydrogen) atoms. The molecule has 0 N–H and O–H groups in total. The zero-order chi connectivity index (χ0) is 21.9. The summed E-state index contributed by atoms with van der Waals surface area (Å²) in [6, 6.07) is 12.0. The fourth-order valence-electron chi connectivity index (χ4n) is 3.53. The van der Waals surface area contributed by atoms with Crippen LogP contribution in [0.1, 0.15) is 24.1 Å². The molecule has 0 fully saturated rings. The highest BCUT2D eigenvalue weighted by molar-refractivity contribution is 7.88. The molecule has 0 unspecified atom stereocenters. The molecule has 0 radical (unpaired) electrons. The summed E-state index contributed by atoms with van der Waals surface area (Å²) >= 11 is 0. The Balaban J connectivity index is 2.04. The number of ether oxygens (including phenoxy) is 1. The molecule has 0 aliphatic carbocycles. The van der Waals surface area contributed by atoms with Gasteiger partial charge in [0.1, 0.15) is 17.6 Å². The van der Waals surface area contributed by atoms with Gasteiger partial charge in [-0.05, 0) is 42.3 Å². The second-order valence-corrected chi connectivity index (χ2v) is 9.18. The van der Waals surface area contributed by atoms with Crippen LogP contribution in [0.25, 0.3) is 0 Å². The van der Waals surface area contributed by atoms with E-state index in [0.29, 0.717) is 5.75 Å². The molecule has 6 nitrogen and oxygen atoms in total. The highest BCUT2D eigenvalue weighted by Gasteiger charge is 2.35. The van der Waals surface area contributed by atoms with Crippen molar-refractivity contribution in [3.05, 3.63) is 77.6 Å². The average molecular weight is 433 g/mol. The van der Waals surface area contributed by atoms with Crippen molar-refractivity contribution in [2.24, 2.45) is 0 Å². The molecular formula is C22H25FN2O4S. The first-order chi connectivity index (χ1) is 14.2. The van der Waals surface area contributed by atoms with E-state index in [1.807, 2.05) is 30.3 Å². The zero-order valence-corrected chi connectivity index (χ0v) is 18.0. The first-order valence-electron chi connectivity index (χ1n) is 9.53. The number of rotatable bonds is 5. The molecule has 8 heteroatoms. The van der Waals surface area contributed by atoms with E-state index in [2.05, 4.69) is 0 Å². The van der Waals surface area contributed by atoms with Crippen LogP contribution in [0, 0.1) is 5.82 Å². The molecular weight excluding hydrogens is 407 g/mol. The van der Waals surface area contributed by atoms with Crippen LogP contribution in [0.5, 0.6) is 5.75 Å². The number of amides is 1. The summed E-state index contributed by atoms with van der Waals surface area (Å²) in [4.78, 5) is 15.0. The van der Waals surface area contributed by atoms with Crippen LogP contribution in [0.2, 0.25) is 0 Å². The highest BCUT2D eigenvalue weighted by Crippen LogP contribution is 2.29. The van der Waals surface area contributed by atoms with Gasteiger partial charge in [-0.1, -0.05) is 36.4 Å². The smallest absolute Gasteiger partial charge is 0.241 e. The third-order valence-corrected chi connectivity index (χ3v) is 6.48. The standard InChI is InChI=1S/C22H25FN2O4S/c1-16-22(26)24(15-17-6-10-19(23)11-7-17)21(5-4-14-25(16)30(3,27)28)18-8-12-20(29-2)13-9-18/h4-13,16,21H,14-15H2,1-3H3/b5-4-/t16-,21+/m0/s1. The topological polar surface area (TPSA) is 66.9 Å². The predicted octanol–water partition coefficient (Wildman–Crippen LogP) is 3.12. The number of sulfonamides is 1. The number of carbonyl (C=O) groups is 1. The number of nitrogens with zero attached hydrogens (tertiary/aromatic N) is 2. The second kappa shape index (κ2) is 8.97. The first kappa shape index (κ1) is 22.0. The minimum Gasteiger partial charge on any atom is -0.497 e. The first-order valence-corrected chi connectivity index (χ1v) is 11.4. The van der Waals surface area contributed by atoms with Gasteiger partial charge in [0, 0.05) is 13.1 Å². The number of hydrogen-bond acceptors (Lipinski definition) is 4. The van der Waals surface area contributed by atoms with Crippen molar-refractivity contribution >= 4 is 15.9 Å². The lowest BCUT2D eigenvalue weighted by molar-refractivity contribution is -0.137. The molecule has 3 rings (SSSR count). The van der Waals surface area contributed by atoms with Crippen molar-refractivity contribution in [2.75, 3.05) is 19.9 Å². The van der Waals surface area contributed by atoms with Crippen LogP contribution in [-0.2, 0) is 21.4 Å². The molecule has 1 amide bonds. The van der Waals surface area contributed by atoms with Crippen LogP contribution in [0.15, 0.2) is 60.7 Å². The molecule has 1 aliphatic rings. The summed E-state index contributed by atoms with van der Waals surface area (Å²) in [6.07, 6.45) is 4.68. The van der Waals surface area contributed by atoms with E-state index in [0.717, 1.165) is 17.4 Å². The van der Waals surface area contributed by atoms with Crippen molar-refractivity contribution < 1.29 is 22.3 Å². The summed E-state index contributed by atoms with van der Waals surface area (Å²) in [5.41, 5.74) is 1.61. The van der Waals surface area contributed by atoms with E-state index in [-0.39, 0.29) is 24.8 Å². The number of methoxy groups -OCH3 is 1. The van der Waals surface area contributed by atoms with Gasteiger partial charge in [-0.3, -0.25) is 4.79 Å². The Morgan fingerprint density at radius 2 is 1.73 bits per heavy atom. The second-order valence-electron chi connectivity index (χ2n) is 7.25. The summed E-state index contributed by atoms with van der Waals surface area (Å²) < 4.78 is 44.1. The lowest BCUT2D eigenvalue weighted by atomic mass is 10.0. The monoisotopic (exact) mass is 432 g/mol. The number of carbonyl (C=O) groups excluding carboxylic acids is 1. The van der Waals surface area contributed by atoms with Gasteiger partial charge < -0.3 is 9.64 Å². The normalized spacial score (nSPS) is 21.7. The van der Waals surface area contributed by atoms with Crippen LogP contribution in [0.3, 0.4) is 0 Å². The van der Waals surface area contributed by atoms with E-state index in [4.69, 9.17) is 4.74 Å². The summed E-state index contributed by atoms with van der Waals surface area (Å²) in [6.45, 7) is 1.91. The fourth-order valence-corrected chi connectivity index (χ4v) is 4.55. The SMILES string of the molecule is COc1ccc([C@H]2/C=C\CN(S(C)(=O)=O)[C@@H](C)C(=O)N2Cc2ccc(F)cc2)cc1. The van der Waals surface area contributed by atoms with Crippen LogP contribution >= 0.6 is 0 Å². The summed E-state index contributed by atoms with van der Waals surface area (Å²) in [5.74, 6) is 0.0116. The van der Waals surface area contributed by atoms with Crippen LogP contribution in [0.4, 0.5) is 4.39 Å². The van der Waals surface area contributed by atoms with E-state index in [1.54, 1.807) is 37.1 Å². The molecule has 2 aromatic carbocycles. The Morgan fingerprint density at radius 3 is 2.30 bits per heavy atom. The number of benzene rings is 2. The van der Waals surface area contributed by atoms with Gasteiger partial charge in [-0.2, -0.15) is 4.31 Å². The molecule has 160 valence electrons. The largest absolute Gasteiger partial charge is 0.497 e. The zero-order valence-electron chi connectivity index (χ0n) is 17.2. The Bertz CT molecular complexity index is 1020. The predicted molar refractivity (Wildman–Crippen MR) is 113 cm³/mol. The molecule has 0 saturated heterocycles. The minimum atomic E-state index is -3.57. The van der Waals surface area contributed by atoms with Gasteiger partial charge >= 0.3 is 0 Å². The van der Waals surface area contributed by atoms with Gasteiger partial charge in [-0.25, -0.2) is 12.8 Å². The minimum absolute atomic E-state index is 0.114. The molecule has 1 heterocycles. The molecule has 2 aromatic rings. The lowest BCUT2D eigenvalue weighted by Gasteiger charge is -2.37. The maximum Gasteiger partial charge on any atom is 0.241 e. The molecule has 0 aromatic heterocycles.